The molecule has 0 aromatic heterocycles. The van der Waals surface area contributed by atoms with Crippen molar-refractivity contribution in [1.29, 1.82) is 0 Å². The maximum Gasteiger partial charge on any atom is 0.341 e. The molecule has 1 aliphatic carbocycles. The Morgan fingerprint density at radius 1 is 1.15 bits per heavy atom. The van der Waals surface area contributed by atoms with Gasteiger partial charge in [0.25, 0.3) is 0 Å². The zero-order chi connectivity index (χ0) is 13.6. The maximum absolute atomic E-state index is 12.5. The molecule has 4 rings (SSSR count). The third-order valence-corrected chi connectivity index (χ3v) is 4.29. The fourth-order valence-corrected chi connectivity index (χ4v) is 3.16. The molecule has 1 saturated heterocycles. The zero-order valence-corrected chi connectivity index (χ0v) is 11.2. The Hall–Kier alpha value is -1.87. The summed E-state index contributed by atoms with van der Waals surface area (Å²) >= 11 is 0. The van der Waals surface area contributed by atoms with Crippen LogP contribution in [-0.4, -0.2) is 17.9 Å². The number of carbonyl (C=O) groups is 1. The summed E-state index contributed by atoms with van der Waals surface area (Å²) in [6, 6.07) is 13.6. The van der Waals surface area contributed by atoms with Gasteiger partial charge in [0.15, 0.2) is 0 Å². The summed E-state index contributed by atoms with van der Waals surface area (Å²) in [7, 11) is 0. The topological polar surface area (TPSA) is 38.8 Å². The number of esters is 1. The van der Waals surface area contributed by atoms with Gasteiger partial charge in [-0.3, -0.25) is 0 Å². The molecule has 3 heteroatoms. The van der Waals surface area contributed by atoms with E-state index in [1.807, 2.05) is 42.5 Å². The van der Waals surface area contributed by atoms with Gasteiger partial charge in [0.1, 0.15) is 6.10 Å². The van der Waals surface area contributed by atoms with Crippen molar-refractivity contribution in [2.75, 3.05) is 0 Å². The van der Waals surface area contributed by atoms with Gasteiger partial charge in [-0.2, -0.15) is 0 Å². The molecule has 20 heavy (non-hydrogen) atoms. The van der Waals surface area contributed by atoms with Crippen LogP contribution in [0.15, 0.2) is 42.5 Å². The van der Waals surface area contributed by atoms with Crippen LogP contribution in [0.3, 0.4) is 0 Å². The van der Waals surface area contributed by atoms with E-state index in [1.165, 1.54) is 0 Å². The SMILES string of the molecule is O=C(OC12CCCCC1O2)c1cccc2ccccc12. The average Bonchev–Trinajstić information content (AvgIpc) is 3.20. The summed E-state index contributed by atoms with van der Waals surface area (Å²) in [5.41, 5.74) is 0.622. The first-order valence-corrected chi connectivity index (χ1v) is 7.17. The lowest BCUT2D eigenvalue weighted by atomic mass is 9.97. The monoisotopic (exact) mass is 268 g/mol. The lowest BCUT2D eigenvalue weighted by Gasteiger charge is -2.18. The molecule has 2 unspecified atom stereocenters. The van der Waals surface area contributed by atoms with Crippen LogP contribution in [0.1, 0.15) is 36.0 Å². The smallest absolute Gasteiger partial charge is 0.341 e. The van der Waals surface area contributed by atoms with E-state index in [1.54, 1.807) is 0 Å². The van der Waals surface area contributed by atoms with Gasteiger partial charge in [0.2, 0.25) is 5.79 Å². The molecule has 102 valence electrons. The Kier molecular flexibility index (Phi) is 2.57. The van der Waals surface area contributed by atoms with E-state index >= 15 is 0 Å². The average molecular weight is 268 g/mol. The zero-order valence-electron chi connectivity index (χ0n) is 11.2. The second-order valence-electron chi connectivity index (χ2n) is 5.58. The molecule has 0 spiro atoms. The van der Waals surface area contributed by atoms with Gasteiger partial charge in [-0.15, -0.1) is 0 Å². The van der Waals surface area contributed by atoms with Gasteiger partial charge in [-0.25, -0.2) is 4.79 Å². The van der Waals surface area contributed by atoms with Crippen LogP contribution in [0.25, 0.3) is 10.8 Å². The van der Waals surface area contributed by atoms with Gasteiger partial charge in [-0.05, 0) is 29.7 Å². The molecule has 0 bridgehead atoms. The molecular weight excluding hydrogens is 252 g/mol. The molecule has 1 aliphatic heterocycles. The Morgan fingerprint density at radius 3 is 2.90 bits per heavy atom. The van der Waals surface area contributed by atoms with Crippen molar-refractivity contribution in [2.24, 2.45) is 0 Å². The van der Waals surface area contributed by atoms with E-state index in [9.17, 15) is 4.79 Å². The van der Waals surface area contributed by atoms with Crippen LogP contribution in [0.4, 0.5) is 0 Å². The second kappa shape index (κ2) is 4.32. The van der Waals surface area contributed by atoms with Crippen LogP contribution in [0.2, 0.25) is 0 Å². The molecule has 0 N–H and O–H groups in total. The lowest BCUT2D eigenvalue weighted by molar-refractivity contribution is -0.0243. The molecule has 2 aliphatic rings. The van der Waals surface area contributed by atoms with Crippen molar-refractivity contribution in [3.05, 3.63) is 48.0 Å². The van der Waals surface area contributed by atoms with Gasteiger partial charge in [-0.1, -0.05) is 42.8 Å². The van der Waals surface area contributed by atoms with E-state index < -0.39 is 5.79 Å². The van der Waals surface area contributed by atoms with Gasteiger partial charge in [0.05, 0.1) is 5.56 Å². The summed E-state index contributed by atoms with van der Waals surface area (Å²) in [6.45, 7) is 0. The van der Waals surface area contributed by atoms with Crippen molar-refractivity contribution >= 4 is 16.7 Å². The highest BCUT2D eigenvalue weighted by molar-refractivity contribution is 6.04. The number of hydrogen-bond donors (Lipinski definition) is 0. The standard InChI is InChI=1S/C17H16O3/c18-16(20-17-11-4-3-10-15(17)19-17)14-9-5-7-12-6-1-2-8-13(12)14/h1-2,5-9,15H,3-4,10-11H2. The Morgan fingerprint density at radius 2 is 2.00 bits per heavy atom. The number of epoxide rings is 1. The molecule has 2 atom stereocenters. The number of ether oxygens (including phenoxy) is 2. The van der Waals surface area contributed by atoms with Crippen molar-refractivity contribution in [3.63, 3.8) is 0 Å². The first kappa shape index (κ1) is 11.9. The highest BCUT2D eigenvalue weighted by atomic mass is 16.8. The number of rotatable bonds is 2. The van der Waals surface area contributed by atoms with E-state index in [0.717, 1.165) is 36.5 Å². The highest BCUT2D eigenvalue weighted by Gasteiger charge is 2.61. The summed E-state index contributed by atoms with van der Waals surface area (Å²) in [4.78, 5) is 12.5. The fourth-order valence-electron chi connectivity index (χ4n) is 3.16. The van der Waals surface area contributed by atoms with Crippen molar-refractivity contribution < 1.29 is 14.3 Å². The second-order valence-corrected chi connectivity index (χ2v) is 5.58. The van der Waals surface area contributed by atoms with Gasteiger partial charge in [0, 0.05) is 6.42 Å². The van der Waals surface area contributed by atoms with E-state index in [0.29, 0.717) is 5.56 Å². The molecule has 1 saturated carbocycles. The van der Waals surface area contributed by atoms with Crippen LogP contribution >= 0.6 is 0 Å². The van der Waals surface area contributed by atoms with Gasteiger partial charge < -0.3 is 9.47 Å². The third kappa shape index (κ3) is 1.81. The third-order valence-electron chi connectivity index (χ3n) is 4.29. The van der Waals surface area contributed by atoms with Gasteiger partial charge >= 0.3 is 5.97 Å². The predicted molar refractivity (Wildman–Crippen MR) is 75.4 cm³/mol. The molecular formula is C17H16O3. The fraction of sp³-hybridized carbons (Fsp3) is 0.353. The summed E-state index contributed by atoms with van der Waals surface area (Å²) in [6.07, 6.45) is 4.18. The Balaban J connectivity index is 1.65. The summed E-state index contributed by atoms with van der Waals surface area (Å²) < 4.78 is 11.3. The Labute approximate surface area is 117 Å². The first-order valence-electron chi connectivity index (χ1n) is 7.17. The van der Waals surface area contributed by atoms with Crippen molar-refractivity contribution in [2.45, 2.75) is 37.6 Å². The Bertz CT molecular complexity index is 673. The molecule has 1 heterocycles. The quantitative estimate of drug-likeness (QED) is 0.616. The summed E-state index contributed by atoms with van der Waals surface area (Å²) in [5, 5.41) is 1.99. The van der Waals surface area contributed by atoms with Crippen LogP contribution in [0, 0.1) is 0 Å². The molecule has 2 aromatic carbocycles. The molecule has 2 aromatic rings. The molecule has 0 radical (unpaired) electrons. The predicted octanol–water partition coefficient (Wildman–Crippen LogP) is 3.67. The number of benzene rings is 2. The molecule has 3 nitrogen and oxygen atoms in total. The molecule has 0 amide bonds. The van der Waals surface area contributed by atoms with Crippen molar-refractivity contribution in [1.82, 2.24) is 0 Å². The first-order chi connectivity index (χ1) is 9.78. The van der Waals surface area contributed by atoms with E-state index in [-0.39, 0.29) is 12.1 Å². The lowest BCUT2D eigenvalue weighted by Crippen LogP contribution is -2.26. The van der Waals surface area contributed by atoms with E-state index in [4.69, 9.17) is 9.47 Å². The van der Waals surface area contributed by atoms with Crippen molar-refractivity contribution in [3.8, 4) is 0 Å². The maximum atomic E-state index is 12.5. The van der Waals surface area contributed by atoms with E-state index in [2.05, 4.69) is 0 Å². The normalized spacial score (nSPS) is 27.9. The van der Waals surface area contributed by atoms with Crippen LogP contribution in [-0.2, 0) is 9.47 Å². The molecule has 2 fully saturated rings. The minimum absolute atomic E-state index is 0.121. The highest BCUT2D eigenvalue weighted by Crippen LogP contribution is 2.49. The summed E-state index contributed by atoms with van der Waals surface area (Å²) in [5.74, 6) is -0.891. The van der Waals surface area contributed by atoms with Crippen LogP contribution in [0.5, 0.6) is 0 Å². The number of carbonyl (C=O) groups excluding carboxylic acids is 1. The number of fused-ring (bicyclic) bond motifs is 2. The minimum Gasteiger partial charge on any atom is -0.427 e. The number of hydrogen-bond acceptors (Lipinski definition) is 3. The van der Waals surface area contributed by atoms with Crippen LogP contribution < -0.4 is 0 Å². The largest absolute Gasteiger partial charge is 0.427 e. The minimum atomic E-state index is -0.619.